The van der Waals surface area contributed by atoms with Crippen LogP contribution < -0.4 is 4.40 Å². The number of halogens is 6. The molecule has 0 fully saturated rings. The summed E-state index contributed by atoms with van der Waals surface area (Å²) in [5.74, 6) is -8.84. The molecule has 96 valence electrons. The van der Waals surface area contributed by atoms with Crippen LogP contribution in [0.2, 0.25) is 5.76 Å². The van der Waals surface area contributed by atoms with Crippen molar-refractivity contribution < 1.29 is 25.7 Å². The Kier molecular flexibility index (Phi) is 4.43. The Labute approximate surface area is 101 Å². The molecule has 1 nitrogen and oxygen atoms in total. The minimum atomic E-state index is -4.22. The van der Waals surface area contributed by atoms with Crippen LogP contribution in [0.15, 0.2) is 0 Å². The molecule has 0 N–H and O–H groups in total. The van der Waals surface area contributed by atoms with Gasteiger partial charge in [-0.05, 0) is 0 Å². The van der Waals surface area contributed by atoms with Crippen LogP contribution in [0.1, 0.15) is 6.92 Å². The van der Waals surface area contributed by atoms with Crippen molar-refractivity contribution in [2.45, 2.75) is 12.7 Å². The first kappa shape index (κ1) is 14.7. The van der Waals surface area contributed by atoms with Gasteiger partial charge in [-0.1, -0.05) is 0 Å². The Morgan fingerprint density at radius 2 is 1.29 bits per heavy atom. The molecule has 1 aromatic rings. The maximum absolute atomic E-state index is 13.4. The van der Waals surface area contributed by atoms with Crippen molar-refractivity contribution in [1.82, 2.24) is 0 Å². The topological polar surface area (TPSA) is 9.23 Å². The van der Waals surface area contributed by atoms with Gasteiger partial charge in [-0.25, -0.2) is 0 Å². The van der Waals surface area contributed by atoms with Gasteiger partial charge in [0.15, 0.2) is 0 Å². The fourth-order valence-electron chi connectivity index (χ4n) is 1.34. The van der Waals surface area contributed by atoms with E-state index >= 15 is 0 Å². The summed E-state index contributed by atoms with van der Waals surface area (Å²) in [7, 11) is 5.80. The average Bonchev–Trinajstić information content (AvgIpc) is 2.23. The molecule has 0 aliphatic rings. The molecule has 1 atom stereocenters. The second kappa shape index (κ2) is 5.11. The van der Waals surface area contributed by atoms with E-state index in [9.17, 15) is 22.0 Å². The summed E-state index contributed by atoms with van der Waals surface area (Å²) in [5.41, 5.74) is 0. The van der Waals surface area contributed by atoms with E-state index in [-0.39, 0.29) is 6.61 Å². The monoisotopic (exact) mass is 336 g/mol. The van der Waals surface area contributed by atoms with Gasteiger partial charge >= 0.3 is 101 Å². The third-order valence-electron chi connectivity index (χ3n) is 2.07. The standard InChI is InChI=1S/C9H8ClF5GeO/c1-3-17-16(2,10)9-7(14)5(12)4(11)6(13)8(9)15/h3H2,1-2H3. The number of hydrogen-bond acceptors (Lipinski definition) is 1. The van der Waals surface area contributed by atoms with Gasteiger partial charge in [0.25, 0.3) is 0 Å². The van der Waals surface area contributed by atoms with Crippen molar-refractivity contribution in [3.05, 3.63) is 29.1 Å². The van der Waals surface area contributed by atoms with E-state index in [2.05, 4.69) is 0 Å². The van der Waals surface area contributed by atoms with Crippen molar-refractivity contribution in [2.75, 3.05) is 6.61 Å². The van der Waals surface area contributed by atoms with Gasteiger partial charge in [-0.3, -0.25) is 0 Å². The summed E-state index contributed by atoms with van der Waals surface area (Å²) in [6.07, 6.45) is 0. The van der Waals surface area contributed by atoms with Crippen LogP contribution in [-0.4, -0.2) is 19.3 Å². The van der Waals surface area contributed by atoms with Gasteiger partial charge < -0.3 is 0 Å². The fourth-order valence-corrected chi connectivity index (χ4v) is 6.32. The number of hydrogen-bond donors (Lipinski definition) is 0. The van der Waals surface area contributed by atoms with E-state index in [0.717, 1.165) is 0 Å². The Hall–Kier alpha value is -0.337. The first-order chi connectivity index (χ1) is 7.74. The Morgan fingerprint density at radius 3 is 1.65 bits per heavy atom. The molecule has 17 heavy (non-hydrogen) atoms. The molecular formula is C9H8ClF5GeO. The van der Waals surface area contributed by atoms with Crippen LogP contribution in [-0.2, 0) is 3.76 Å². The van der Waals surface area contributed by atoms with E-state index in [1.54, 1.807) is 0 Å². The van der Waals surface area contributed by atoms with Crippen LogP contribution in [0.4, 0.5) is 22.0 Å². The maximum atomic E-state index is 13.4. The van der Waals surface area contributed by atoms with Crippen LogP contribution in [0.25, 0.3) is 0 Å². The zero-order valence-corrected chi connectivity index (χ0v) is 11.7. The molecular weight excluding hydrogens is 327 g/mol. The second-order valence-corrected chi connectivity index (χ2v) is 12.5. The van der Waals surface area contributed by atoms with E-state index in [0.29, 0.717) is 0 Å². The predicted octanol–water partition coefficient (Wildman–Crippen LogP) is 2.94. The zero-order chi connectivity index (χ0) is 13.4. The number of rotatable bonds is 3. The van der Waals surface area contributed by atoms with Gasteiger partial charge in [0.2, 0.25) is 0 Å². The van der Waals surface area contributed by atoms with Gasteiger partial charge in [-0.2, -0.15) is 0 Å². The molecule has 8 heteroatoms. The molecule has 1 unspecified atom stereocenters. The van der Waals surface area contributed by atoms with E-state index in [4.69, 9.17) is 13.8 Å². The fraction of sp³-hybridized carbons (Fsp3) is 0.333. The van der Waals surface area contributed by atoms with Crippen molar-refractivity contribution in [3.8, 4) is 0 Å². The van der Waals surface area contributed by atoms with Gasteiger partial charge in [0.1, 0.15) is 0 Å². The second-order valence-electron chi connectivity index (χ2n) is 3.29. The van der Waals surface area contributed by atoms with Crippen molar-refractivity contribution in [2.24, 2.45) is 0 Å². The molecule has 0 spiro atoms. The SMILES string of the molecule is CC[O][Ge]([CH3])([Cl])[c]1c(F)c(F)c(F)c(F)c1F. The quantitative estimate of drug-likeness (QED) is 0.357. The van der Waals surface area contributed by atoms with Crippen LogP contribution in [0.3, 0.4) is 0 Å². The molecule has 0 aliphatic carbocycles. The molecule has 0 bridgehead atoms. The van der Waals surface area contributed by atoms with Crippen LogP contribution in [0.5, 0.6) is 0 Å². The van der Waals surface area contributed by atoms with Gasteiger partial charge in [-0.15, -0.1) is 0 Å². The summed E-state index contributed by atoms with van der Waals surface area (Å²) >= 11 is -4.22. The molecule has 1 rings (SSSR count). The minimum absolute atomic E-state index is 0.0273. The molecule has 0 saturated heterocycles. The average molecular weight is 335 g/mol. The van der Waals surface area contributed by atoms with Gasteiger partial charge in [0, 0.05) is 0 Å². The molecule has 0 saturated carbocycles. The van der Waals surface area contributed by atoms with Gasteiger partial charge in [0.05, 0.1) is 0 Å². The third-order valence-corrected chi connectivity index (χ3v) is 8.16. The third kappa shape index (κ3) is 2.58. The molecule has 1 aromatic carbocycles. The summed E-state index contributed by atoms with van der Waals surface area (Å²) in [4.78, 5) is 0. The van der Waals surface area contributed by atoms with Crippen molar-refractivity contribution in [3.63, 3.8) is 0 Å². The van der Waals surface area contributed by atoms with E-state index < -0.39 is 46.2 Å². The number of benzene rings is 1. The molecule has 0 aliphatic heterocycles. The molecule has 0 radical (unpaired) electrons. The first-order valence-electron chi connectivity index (χ1n) is 4.58. The van der Waals surface area contributed by atoms with E-state index in [1.807, 2.05) is 0 Å². The summed E-state index contributed by atoms with van der Waals surface area (Å²) in [6, 6.07) is 0. The van der Waals surface area contributed by atoms with Crippen molar-refractivity contribution >= 4 is 27.1 Å². The Morgan fingerprint density at radius 1 is 0.941 bits per heavy atom. The Balaban J connectivity index is 3.54. The van der Waals surface area contributed by atoms with Crippen molar-refractivity contribution in [1.29, 1.82) is 0 Å². The normalized spacial score (nSPS) is 14.8. The molecule has 0 aromatic heterocycles. The first-order valence-corrected chi connectivity index (χ1v) is 11.3. The molecule has 0 amide bonds. The van der Waals surface area contributed by atoms with E-state index in [1.165, 1.54) is 12.7 Å². The van der Waals surface area contributed by atoms with Crippen LogP contribution in [0, 0.1) is 29.1 Å². The zero-order valence-electron chi connectivity index (χ0n) is 8.88. The van der Waals surface area contributed by atoms with Crippen LogP contribution >= 0.6 is 10.0 Å². The predicted molar refractivity (Wildman–Crippen MR) is 55.0 cm³/mol. The molecule has 0 heterocycles. The summed E-state index contributed by atoms with van der Waals surface area (Å²) < 4.78 is 69.3. The summed E-state index contributed by atoms with van der Waals surface area (Å²) in [5, 5.41) is 0. The Bertz CT molecular complexity index is 422. The summed E-state index contributed by atoms with van der Waals surface area (Å²) in [6.45, 7) is 1.54.